The van der Waals surface area contributed by atoms with Crippen molar-refractivity contribution in [3.8, 4) is 0 Å². The average molecular weight is 341 g/mol. The van der Waals surface area contributed by atoms with Crippen LogP contribution < -0.4 is 5.32 Å². The van der Waals surface area contributed by atoms with Gasteiger partial charge >= 0.3 is 0 Å². The van der Waals surface area contributed by atoms with E-state index in [-0.39, 0.29) is 24.2 Å². The molecule has 1 amide bonds. The summed E-state index contributed by atoms with van der Waals surface area (Å²) in [7, 11) is 1.93. The summed E-state index contributed by atoms with van der Waals surface area (Å²) in [6, 6.07) is 0. The Morgan fingerprint density at radius 2 is 2.00 bits per heavy atom. The van der Waals surface area contributed by atoms with Crippen LogP contribution in [0.2, 0.25) is 0 Å². The second-order valence-corrected chi connectivity index (χ2v) is 7.23. The van der Waals surface area contributed by atoms with E-state index in [9.17, 15) is 4.79 Å². The Bertz CT molecular complexity index is 522. The van der Waals surface area contributed by atoms with Crippen LogP contribution >= 0.6 is 12.4 Å². The number of halogens is 1. The van der Waals surface area contributed by atoms with Crippen molar-refractivity contribution < 1.29 is 4.79 Å². The molecule has 1 N–H and O–H groups in total. The van der Waals surface area contributed by atoms with E-state index in [1.807, 2.05) is 24.1 Å². The highest BCUT2D eigenvalue weighted by Gasteiger charge is 2.38. The van der Waals surface area contributed by atoms with Crippen LogP contribution in [0.1, 0.15) is 38.2 Å². The molecule has 0 radical (unpaired) electrons. The lowest BCUT2D eigenvalue weighted by atomic mass is 9.85. The SMILES string of the molecule is CC(C)C1CCN(C(=O)[C@H]2CNC[C@@H]2c2cnn(C)c2)CC1.Cl. The molecule has 0 unspecified atom stereocenters. The zero-order chi connectivity index (χ0) is 15.7. The van der Waals surface area contributed by atoms with Crippen molar-refractivity contribution in [2.75, 3.05) is 26.2 Å². The third-order valence-corrected chi connectivity index (χ3v) is 5.48. The smallest absolute Gasteiger partial charge is 0.227 e. The number of carbonyl (C=O) groups excluding carboxylic acids is 1. The number of carbonyl (C=O) groups is 1. The molecular weight excluding hydrogens is 312 g/mol. The number of rotatable bonds is 3. The topological polar surface area (TPSA) is 50.2 Å². The highest BCUT2D eigenvalue weighted by atomic mass is 35.5. The molecule has 0 spiro atoms. The van der Waals surface area contributed by atoms with Gasteiger partial charge in [-0.3, -0.25) is 9.48 Å². The summed E-state index contributed by atoms with van der Waals surface area (Å²) in [5.74, 6) is 2.18. The summed E-state index contributed by atoms with van der Waals surface area (Å²) in [5.41, 5.74) is 1.18. The van der Waals surface area contributed by atoms with Crippen LogP contribution in [-0.2, 0) is 11.8 Å². The maximum Gasteiger partial charge on any atom is 0.227 e. The maximum absolute atomic E-state index is 12.9. The van der Waals surface area contributed by atoms with Gasteiger partial charge < -0.3 is 10.2 Å². The molecule has 0 saturated carbocycles. The molecule has 1 aromatic rings. The van der Waals surface area contributed by atoms with Crippen LogP contribution in [-0.4, -0.2) is 46.8 Å². The fourth-order valence-corrected chi connectivity index (χ4v) is 3.94. The Morgan fingerprint density at radius 3 is 2.57 bits per heavy atom. The quantitative estimate of drug-likeness (QED) is 0.916. The molecule has 2 fully saturated rings. The molecule has 3 rings (SSSR count). The Balaban J connectivity index is 0.00000192. The van der Waals surface area contributed by atoms with Crippen LogP contribution in [0.25, 0.3) is 0 Å². The van der Waals surface area contributed by atoms with Gasteiger partial charge in [0.2, 0.25) is 5.91 Å². The van der Waals surface area contributed by atoms with Crippen molar-refractivity contribution in [3.05, 3.63) is 18.0 Å². The minimum Gasteiger partial charge on any atom is -0.342 e. The first-order chi connectivity index (χ1) is 10.6. The zero-order valence-electron chi connectivity index (χ0n) is 14.4. The number of amides is 1. The van der Waals surface area contributed by atoms with Crippen molar-refractivity contribution in [3.63, 3.8) is 0 Å². The Labute approximate surface area is 145 Å². The Morgan fingerprint density at radius 1 is 1.30 bits per heavy atom. The van der Waals surface area contributed by atoms with E-state index >= 15 is 0 Å². The molecule has 0 aromatic carbocycles. The Kier molecular flexibility index (Phi) is 6.09. The van der Waals surface area contributed by atoms with Crippen LogP contribution in [0.5, 0.6) is 0 Å². The van der Waals surface area contributed by atoms with Crippen LogP contribution in [0.15, 0.2) is 12.4 Å². The van der Waals surface area contributed by atoms with E-state index in [0.29, 0.717) is 5.91 Å². The molecule has 6 heteroatoms. The first kappa shape index (κ1) is 18.3. The van der Waals surface area contributed by atoms with Gasteiger partial charge in [-0.1, -0.05) is 13.8 Å². The summed E-state index contributed by atoms with van der Waals surface area (Å²) < 4.78 is 1.82. The highest BCUT2D eigenvalue weighted by molar-refractivity contribution is 5.85. The summed E-state index contributed by atoms with van der Waals surface area (Å²) in [6.45, 7) is 8.12. The summed E-state index contributed by atoms with van der Waals surface area (Å²) in [5, 5.41) is 7.65. The number of aryl methyl sites for hydroxylation is 1. The van der Waals surface area contributed by atoms with Gasteiger partial charge in [-0.05, 0) is 30.2 Å². The average Bonchev–Trinajstić information content (AvgIpc) is 3.15. The fraction of sp³-hybridized carbons (Fsp3) is 0.765. The van der Waals surface area contributed by atoms with E-state index < -0.39 is 0 Å². The normalized spacial score (nSPS) is 25.7. The predicted molar refractivity (Wildman–Crippen MR) is 93.7 cm³/mol. The molecule has 2 atom stereocenters. The second-order valence-electron chi connectivity index (χ2n) is 7.23. The highest BCUT2D eigenvalue weighted by Crippen LogP contribution is 2.31. The van der Waals surface area contributed by atoms with E-state index in [4.69, 9.17) is 0 Å². The number of nitrogens with one attached hydrogen (secondary N) is 1. The van der Waals surface area contributed by atoms with Crippen LogP contribution in [0.3, 0.4) is 0 Å². The number of hydrogen-bond acceptors (Lipinski definition) is 3. The van der Waals surface area contributed by atoms with E-state index in [1.54, 1.807) is 0 Å². The van der Waals surface area contributed by atoms with Crippen molar-refractivity contribution in [2.45, 2.75) is 32.6 Å². The number of hydrogen-bond donors (Lipinski definition) is 1. The van der Waals surface area contributed by atoms with E-state index in [1.165, 1.54) is 5.56 Å². The third-order valence-electron chi connectivity index (χ3n) is 5.48. The predicted octanol–water partition coefficient (Wildman–Crippen LogP) is 2.04. The maximum atomic E-state index is 12.9. The second kappa shape index (κ2) is 7.67. The van der Waals surface area contributed by atoms with Gasteiger partial charge in [0.1, 0.15) is 0 Å². The first-order valence-corrected chi connectivity index (χ1v) is 8.54. The molecule has 0 aliphatic carbocycles. The number of likely N-dealkylation sites (tertiary alicyclic amines) is 1. The number of nitrogens with zero attached hydrogens (tertiary/aromatic N) is 3. The van der Waals surface area contributed by atoms with Gasteiger partial charge in [-0.15, -0.1) is 12.4 Å². The molecule has 0 bridgehead atoms. The van der Waals surface area contributed by atoms with Gasteiger partial charge in [0.05, 0.1) is 12.1 Å². The molecule has 23 heavy (non-hydrogen) atoms. The van der Waals surface area contributed by atoms with Gasteiger partial charge in [0, 0.05) is 45.3 Å². The standard InChI is InChI=1S/C17H28N4O.ClH/c1-12(2)13-4-6-21(7-5-13)17(22)16-10-18-9-15(16)14-8-19-20(3)11-14;/h8,11-13,15-16,18H,4-7,9-10H2,1-3H3;1H/t15-,16+;/m1./s1. The Hall–Kier alpha value is -1.07. The fourth-order valence-electron chi connectivity index (χ4n) is 3.94. The molecule has 2 saturated heterocycles. The summed E-state index contributed by atoms with van der Waals surface area (Å²) in [4.78, 5) is 15.0. The minimum absolute atomic E-state index is 0. The van der Waals surface area contributed by atoms with E-state index in [0.717, 1.165) is 50.9 Å². The molecule has 1 aromatic heterocycles. The van der Waals surface area contributed by atoms with Crippen LogP contribution in [0, 0.1) is 17.8 Å². The molecule has 3 heterocycles. The number of piperidine rings is 1. The molecule has 2 aliphatic heterocycles. The van der Waals surface area contributed by atoms with Crippen LogP contribution in [0.4, 0.5) is 0 Å². The van der Waals surface area contributed by atoms with Gasteiger partial charge in [-0.2, -0.15) is 5.10 Å². The lowest BCUT2D eigenvalue weighted by Gasteiger charge is -2.36. The molecule has 130 valence electrons. The van der Waals surface area contributed by atoms with Crippen molar-refractivity contribution in [1.29, 1.82) is 0 Å². The van der Waals surface area contributed by atoms with E-state index in [2.05, 4.69) is 29.2 Å². The summed E-state index contributed by atoms with van der Waals surface area (Å²) in [6.07, 6.45) is 6.26. The number of aromatic nitrogens is 2. The first-order valence-electron chi connectivity index (χ1n) is 8.54. The lowest BCUT2D eigenvalue weighted by Crippen LogP contribution is -2.44. The molecule has 5 nitrogen and oxygen atoms in total. The van der Waals surface area contributed by atoms with Crippen molar-refractivity contribution >= 4 is 18.3 Å². The third kappa shape index (κ3) is 3.89. The largest absolute Gasteiger partial charge is 0.342 e. The van der Waals surface area contributed by atoms with Gasteiger partial charge in [-0.25, -0.2) is 0 Å². The zero-order valence-corrected chi connectivity index (χ0v) is 15.2. The van der Waals surface area contributed by atoms with Gasteiger partial charge in [0.25, 0.3) is 0 Å². The van der Waals surface area contributed by atoms with Crippen molar-refractivity contribution in [2.24, 2.45) is 24.8 Å². The minimum atomic E-state index is 0. The monoisotopic (exact) mass is 340 g/mol. The molecular formula is C17H29ClN4O. The molecule has 2 aliphatic rings. The van der Waals surface area contributed by atoms with Gasteiger partial charge in [0.15, 0.2) is 0 Å². The summed E-state index contributed by atoms with van der Waals surface area (Å²) >= 11 is 0. The lowest BCUT2D eigenvalue weighted by molar-refractivity contribution is -0.137. The van der Waals surface area contributed by atoms with Crippen molar-refractivity contribution in [1.82, 2.24) is 20.0 Å².